The Morgan fingerprint density at radius 2 is 1.77 bits per heavy atom. The van der Waals surface area contributed by atoms with Crippen LogP contribution in [-0.4, -0.2) is 85.5 Å². The van der Waals surface area contributed by atoms with E-state index in [1.807, 2.05) is 16.7 Å². The molecule has 1 aromatic rings. The van der Waals surface area contributed by atoms with Crippen molar-refractivity contribution in [2.45, 2.75) is 45.1 Å². The molecule has 2 saturated heterocycles. The second-order valence-electron chi connectivity index (χ2n) is 8.76. The minimum atomic E-state index is 0.127. The van der Waals surface area contributed by atoms with Gasteiger partial charge in [0.15, 0.2) is 0 Å². The van der Waals surface area contributed by atoms with E-state index in [9.17, 15) is 9.59 Å². The molecule has 0 atom stereocenters. The molecule has 0 radical (unpaired) electrons. The Morgan fingerprint density at radius 3 is 2.37 bits per heavy atom. The Balaban J connectivity index is 1.26. The summed E-state index contributed by atoms with van der Waals surface area (Å²) < 4.78 is 5.53. The lowest BCUT2D eigenvalue weighted by atomic mass is 10.0. The summed E-state index contributed by atoms with van der Waals surface area (Å²) in [6.45, 7) is 9.24. The van der Waals surface area contributed by atoms with Crippen LogP contribution in [-0.2, 0) is 9.59 Å². The van der Waals surface area contributed by atoms with E-state index in [0.29, 0.717) is 18.4 Å². The van der Waals surface area contributed by atoms with Crippen LogP contribution in [0.4, 0.5) is 5.69 Å². The van der Waals surface area contributed by atoms with Crippen molar-refractivity contribution in [1.82, 2.24) is 14.7 Å². The number of nitrogens with zero attached hydrogens (tertiary/aromatic N) is 3. The Labute approximate surface area is 179 Å². The van der Waals surface area contributed by atoms with Crippen LogP contribution in [0.25, 0.3) is 0 Å². The zero-order valence-electron chi connectivity index (χ0n) is 18.4. The monoisotopic (exact) mass is 414 g/mol. The molecule has 7 heteroatoms. The first kappa shape index (κ1) is 21.0. The minimum Gasteiger partial charge on any atom is -0.495 e. The fourth-order valence-electron chi connectivity index (χ4n) is 4.57. The van der Waals surface area contributed by atoms with Gasteiger partial charge in [-0.3, -0.25) is 14.5 Å². The molecule has 4 rings (SSSR count). The SMILES string of the molecule is CCC(=O)N1CC(N2CCN(C(=O)CNc3cc(C4CC4)c(C)cc3OC)CC2)C1. The number of ether oxygens (including phenoxy) is 1. The van der Waals surface area contributed by atoms with Gasteiger partial charge in [0.05, 0.1) is 19.3 Å². The van der Waals surface area contributed by atoms with Crippen LogP contribution in [0.15, 0.2) is 12.1 Å². The molecule has 0 spiro atoms. The van der Waals surface area contributed by atoms with Crippen LogP contribution >= 0.6 is 0 Å². The molecule has 0 aromatic heterocycles. The van der Waals surface area contributed by atoms with E-state index >= 15 is 0 Å². The summed E-state index contributed by atoms with van der Waals surface area (Å²) in [7, 11) is 1.67. The van der Waals surface area contributed by atoms with Crippen LogP contribution in [0.1, 0.15) is 43.2 Å². The van der Waals surface area contributed by atoms with Gasteiger partial charge >= 0.3 is 0 Å². The number of methoxy groups -OCH3 is 1. The molecular weight excluding hydrogens is 380 g/mol. The maximum Gasteiger partial charge on any atom is 0.241 e. The molecule has 2 heterocycles. The third kappa shape index (κ3) is 4.41. The molecule has 2 amide bonds. The van der Waals surface area contributed by atoms with Gasteiger partial charge in [-0.1, -0.05) is 6.92 Å². The first-order valence-electron chi connectivity index (χ1n) is 11.2. The van der Waals surface area contributed by atoms with Crippen molar-refractivity contribution in [2.75, 3.05) is 58.2 Å². The van der Waals surface area contributed by atoms with Crippen LogP contribution in [0.3, 0.4) is 0 Å². The number of piperazine rings is 1. The van der Waals surface area contributed by atoms with Gasteiger partial charge in [-0.25, -0.2) is 0 Å². The Morgan fingerprint density at radius 1 is 1.07 bits per heavy atom. The van der Waals surface area contributed by atoms with Gasteiger partial charge in [-0.05, 0) is 48.9 Å². The molecule has 30 heavy (non-hydrogen) atoms. The van der Waals surface area contributed by atoms with Crippen molar-refractivity contribution in [3.63, 3.8) is 0 Å². The summed E-state index contributed by atoms with van der Waals surface area (Å²) in [5, 5.41) is 3.32. The van der Waals surface area contributed by atoms with Crippen LogP contribution in [0.2, 0.25) is 0 Å². The average molecular weight is 415 g/mol. The third-order valence-electron chi connectivity index (χ3n) is 6.74. The predicted octanol–water partition coefficient (Wildman–Crippen LogP) is 2.06. The van der Waals surface area contributed by atoms with Crippen molar-refractivity contribution in [3.8, 4) is 5.75 Å². The van der Waals surface area contributed by atoms with Crippen molar-refractivity contribution >= 4 is 17.5 Å². The smallest absolute Gasteiger partial charge is 0.241 e. The molecule has 164 valence electrons. The number of anilines is 1. The topological polar surface area (TPSA) is 65.1 Å². The number of carbonyl (C=O) groups is 2. The Kier molecular flexibility index (Phi) is 6.18. The predicted molar refractivity (Wildman–Crippen MR) is 117 cm³/mol. The van der Waals surface area contributed by atoms with Crippen LogP contribution in [0.5, 0.6) is 5.75 Å². The highest BCUT2D eigenvalue weighted by molar-refractivity contribution is 5.82. The fraction of sp³-hybridized carbons (Fsp3) is 0.652. The van der Waals surface area contributed by atoms with Crippen molar-refractivity contribution in [2.24, 2.45) is 0 Å². The summed E-state index contributed by atoms with van der Waals surface area (Å²) in [5.41, 5.74) is 3.54. The Bertz CT molecular complexity index is 794. The van der Waals surface area contributed by atoms with Crippen molar-refractivity contribution in [3.05, 3.63) is 23.3 Å². The van der Waals surface area contributed by atoms with Gasteiger partial charge in [0.25, 0.3) is 0 Å². The number of aryl methyl sites for hydroxylation is 1. The standard InChI is InChI=1S/C23H34N4O3/c1-4-22(28)27-14-18(15-27)25-7-9-26(10-8-25)23(29)13-24-20-12-19(17-5-6-17)16(2)11-21(20)30-3/h11-12,17-18,24H,4-10,13-15H2,1-3H3. The third-order valence-corrected chi connectivity index (χ3v) is 6.74. The van der Waals surface area contributed by atoms with Gasteiger partial charge in [0.2, 0.25) is 11.8 Å². The quantitative estimate of drug-likeness (QED) is 0.740. The second-order valence-corrected chi connectivity index (χ2v) is 8.76. The number of benzene rings is 1. The number of hydrogen-bond donors (Lipinski definition) is 1. The second kappa shape index (κ2) is 8.84. The lowest BCUT2D eigenvalue weighted by Gasteiger charge is -2.48. The maximum absolute atomic E-state index is 12.8. The van der Waals surface area contributed by atoms with E-state index in [1.54, 1.807) is 7.11 Å². The largest absolute Gasteiger partial charge is 0.495 e. The molecule has 1 N–H and O–H groups in total. The lowest BCUT2D eigenvalue weighted by Crippen LogP contribution is -2.64. The molecule has 0 unspecified atom stereocenters. The number of amides is 2. The van der Waals surface area contributed by atoms with E-state index in [4.69, 9.17) is 4.74 Å². The summed E-state index contributed by atoms with van der Waals surface area (Å²) in [6, 6.07) is 4.69. The summed E-state index contributed by atoms with van der Waals surface area (Å²) in [4.78, 5) is 30.8. The number of nitrogens with one attached hydrogen (secondary N) is 1. The van der Waals surface area contributed by atoms with E-state index in [1.165, 1.54) is 24.0 Å². The number of rotatable bonds is 7. The zero-order valence-corrected chi connectivity index (χ0v) is 18.4. The average Bonchev–Trinajstić information content (AvgIpc) is 3.56. The highest BCUT2D eigenvalue weighted by Crippen LogP contribution is 2.44. The minimum absolute atomic E-state index is 0.127. The van der Waals surface area contributed by atoms with Gasteiger partial charge in [0.1, 0.15) is 5.75 Å². The zero-order chi connectivity index (χ0) is 21.3. The summed E-state index contributed by atoms with van der Waals surface area (Å²) >= 11 is 0. The van der Waals surface area contributed by atoms with Crippen LogP contribution < -0.4 is 10.1 Å². The Hall–Kier alpha value is -2.28. The number of carbonyl (C=O) groups excluding carboxylic acids is 2. The van der Waals surface area contributed by atoms with Gasteiger partial charge < -0.3 is 19.9 Å². The molecule has 0 bridgehead atoms. The van der Waals surface area contributed by atoms with Gasteiger partial charge in [-0.2, -0.15) is 0 Å². The highest BCUT2D eigenvalue weighted by Gasteiger charge is 2.36. The highest BCUT2D eigenvalue weighted by atomic mass is 16.5. The lowest BCUT2D eigenvalue weighted by molar-refractivity contribution is -0.139. The molecule has 1 saturated carbocycles. The van der Waals surface area contributed by atoms with Gasteiger partial charge in [0, 0.05) is 51.7 Å². The molecule has 7 nitrogen and oxygen atoms in total. The number of hydrogen-bond acceptors (Lipinski definition) is 5. The maximum atomic E-state index is 12.8. The van der Waals surface area contributed by atoms with Crippen LogP contribution in [0, 0.1) is 6.92 Å². The number of likely N-dealkylation sites (tertiary alicyclic amines) is 1. The molecule has 2 aliphatic heterocycles. The normalized spacial score (nSPS) is 20.1. The molecule has 3 aliphatic rings. The fourth-order valence-corrected chi connectivity index (χ4v) is 4.57. The van der Waals surface area contributed by atoms with Crippen molar-refractivity contribution < 1.29 is 14.3 Å². The van der Waals surface area contributed by atoms with E-state index in [-0.39, 0.29) is 18.4 Å². The van der Waals surface area contributed by atoms with E-state index < -0.39 is 0 Å². The summed E-state index contributed by atoms with van der Waals surface area (Å²) in [6.07, 6.45) is 3.08. The van der Waals surface area contributed by atoms with E-state index in [0.717, 1.165) is 50.7 Å². The van der Waals surface area contributed by atoms with E-state index in [2.05, 4.69) is 29.3 Å². The molecule has 3 fully saturated rings. The molecule has 1 aliphatic carbocycles. The summed E-state index contributed by atoms with van der Waals surface area (Å²) in [5.74, 6) is 1.82. The first-order chi connectivity index (χ1) is 14.5. The molecular formula is C23H34N4O3. The van der Waals surface area contributed by atoms with Crippen molar-refractivity contribution in [1.29, 1.82) is 0 Å². The van der Waals surface area contributed by atoms with Gasteiger partial charge in [-0.15, -0.1) is 0 Å². The first-order valence-corrected chi connectivity index (χ1v) is 11.2. The molecule has 1 aromatic carbocycles.